The number of imidazole rings is 1. The molecule has 17 heavy (non-hydrogen) atoms. The second-order valence-corrected chi connectivity index (χ2v) is 4.35. The molecule has 0 radical (unpaired) electrons. The Morgan fingerprint density at radius 1 is 1.35 bits per heavy atom. The normalized spacial score (nSPS) is 14.7. The number of rotatable bonds is 1. The van der Waals surface area contributed by atoms with E-state index in [1.165, 1.54) is 5.56 Å². The second-order valence-electron chi connectivity index (χ2n) is 4.35. The number of aryl methyl sites for hydroxylation is 2. The van der Waals surface area contributed by atoms with E-state index in [-0.39, 0.29) is 0 Å². The summed E-state index contributed by atoms with van der Waals surface area (Å²) in [5, 5.41) is 3.35. The molecule has 0 spiro atoms. The van der Waals surface area contributed by atoms with Gasteiger partial charge in [0.1, 0.15) is 0 Å². The van der Waals surface area contributed by atoms with Crippen LogP contribution in [0.2, 0.25) is 0 Å². The van der Waals surface area contributed by atoms with Gasteiger partial charge in [-0.2, -0.15) is 0 Å². The van der Waals surface area contributed by atoms with Crippen molar-refractivity contribution >= 4 is 0 Å². The molecule has 0 bridgehead atoms. The van der Waals surface area contributed by atoms with Gasteiger partial charge in [0, 0.05) is 50.2 Å². The third-order valence-corrected chi connectivity index (χ3v) is 3.16. The quantitative estimate of drug-likeness (QED) is 0.787. The minimum atomic E-state index is 0.732. The zero-order valence-corrected chi connectivity index (χ0v) is 10.1. The Morgan fingerprint density at radius 3 is 3.00 bits per heavy atom. The van der Waals surface area contributed by atoms with E-state index >= 15 is 0 Å². The Morgan fingerprint density at radius 2 is 2.24 bits per heavy atom. The summed E-state index contributed by atoms with van der Waals surface area (Å²) in [6.45, 7) is 3.91. The summed E-state index contributed by atoms with van der Waals surface area (Å²) in [6, 6.07) is 0. The molecule has 88 valence electrons. The topological polar surface area (TPSA) is 55.6 Å². The number of nitrogens with zero attached hydrogens (tertiary/aromatic N) is 4. The van der Waals surface area contributed by atoms with Crippen molar-refractivity contribution in [3.05, 3.63) is 29.3 Å². The molecule has 0 aromatic carbocycles. The van der Waals surface area contributed by atoms with Crippen molar-refractivity contribution in [2.75, 3.05) is 6.54 Å². The molecule has 1 N–H and O–H groups in total. The zero-order valence-electron chi connectivity index (χ0n) is 10.1. The van der Waals surface area contributed by atoms with E-state index in [4.69, 9.17) is 0 Å². The van der Waals surface area contributed by atoms with Crippen LogP contribution in [0, 0.1) is 6.92 Å². The maximum absolute atomic E-state index is 4.64. The Kier molecular flexibility index (Phi) is 2.40. The first-order valence-electron chi connectivity index (χ1n) is 5.80. The van der Waals surface area contributed by atoms with Gasteiger partial charge < -0.3 is 9.88 Å². The summed E-state index contributed by atoms with van der Waals surface area (Å²) in [5.74, 6) is 1.56. The van der Waals surface area contributed by atoms with Gasteiger partial charge in [-0.3, -0.25) is 0 Å². The molecule has 0 unspecified atom stereocenters. The van der Waals surface area contributed by atoms with E-state index in [9.17, 15) is 0 Å². The van der Waals surface area contributed by atoms with Crippen molar-refractivity contribution in [2.45, 2.75) is 19.9 Å². The number of nitrogens with one attached hydrogen (secondary N) is 1. The van der Waals surface area contributed by atoms with Gasteiger partial charge in [-0.1, -0.05) is 0 Å². The lowest BCUT2D eigenvalue weighted by Crippen LogP contribution is -2.26. The molecule has 0 atom stereocenters. The summed E-state index contributed by atoms with van der Waals surface area (Å²) < 4.78 is 1.95. The lowest BCUT2D eigenvalue weighted by Gasteiger charge is -2.18. The van der Waals surface area contributed by atoms with Crippen LogP contribution in [0.25, 0.3) is 11.6 Å². The van der Waals surface area contributed by atoms with Gasteiger partial charge in [0.05, 0.1) is 5.69 Å². The molecule has 1 aliphatic heterocycles. The van der Waals surface area contributed by atoms with Gasteiger partial charge >= 0.3 is 0 Å². The maximum Gasteiger partial charge on any atom is 0.196 e. The number of aromatic nitrogens is 4. The Hall–Kier alpha value is -1.75. The lowest BCUT2D eigenvalue weighted by atomic mass is 10.1. The van der Waals surface area contributed by atoms with Crippen LogP contribution in [0.3, 0.4) is 0 Å². The van der Waals surface area contributed by atoms with Crippen LogP contribution in [-0.2, 0) is 20.0 Å². The monoisotopic (exact) mass is 229 g/mol. The standard InChI is InChI=1S/C12H15N5/c1-8-9-7-13-4-3-10(9)16-11(15-8)12-14-5-6-17(12)2/h5-6,13H,3-4,7H2,1-2H3. The highest BCUT2D eigenvalue weighted by Crippen LogP contribution is 2.19. The van der Waals surface area contributed by atoms with Crippen molar-refractivity contribution in [3.8, 4) is 11.6 Å². The first-order valence-corrected chi connectivity index (χ1v) is 5.80. The average Bonchev–Trinajstić information content (AvgIpc) is 2.75. The number of hydrogen-bond acceptors (Lipinski definition) is 4. The van der Waals surface area contributed by atoms with Gasteiger partial charge in [0.25, 0.3) is 0 Å². The smallest absolute Gasteiger partial charge is 0.196 e. The molecule has 1 aliphatic rings. The average molecular weight is 229 g/mol. The predicted octanol–water partition coefficient (Wildman–Crippen LogP) is 0.831. The number of hydrogen-bond donors (Lipinski definition) is 1. The first-order chi connectivity index (χ1) is 8.25. The maximum atomic E-state index is 4.64. The first kappa shape index (κ1) is 10.4. The molecule has 0 aliphatic carbocycles. The van der Waals surface area contributed by atoms with Crippen LogP contribution in [0.15, 0.2) is 12.4 Å². The zero-order chi connectivity index (χ0) is 11.8. The van der Waals surface area contributed by atoms with Gasteiger partial charge in [0.2, 0.25) is 0 Å². The van der Waals surface area contributed by atoms with Crippen LogP contribution >= 0.6 is 0 Å². The molecule has 2 aromatic heterocycles. The molecule has 0 fully saturated rings. The Bertz CT molecular complexity index is 558. The van der Waals surface area contributed by atoms with E-state index < -0.39 is 0 Å². The highest BCUT2D eigenvalue weighted by Gasteiger charge is 2.17. The molecule has 0 saturated heterocycles. The van der Waals surface area contributed by atoms with Crippen molar-refractivity contribution < 1.29 is 0 Å². The SMILES string of the molecule is Cc1nc(-c2nccn2C)nc2c1CNCC2. The Labute approximate surface area is 99.9 Å². The second kappa shape index (κ2) is 3.92. The largest absolute Gasteiger partial charge is 0.331 e. The summed E-state index contributed by atoms with van der Waals surface area (Å²) in [6.07, 6.45) is 4.65. The third-order valence-electron chi connectivity index (χ3n) is 3.16. The minimum absolute atomic E-state index is 0.732. The van der Waals surface area contributed by atoms with Crippen molar-refractivity contribution in [3.63, 3.8) is 0 Å². The van der Waals surface area contributed by atoms with E-state index in [2.05, 4.69) is 20.3 Å². The van der Waals surface area contributed by atoms with Gasteiger partial charge in [0.15, 0.2) is 11.6 Å². The molecule has 3 rings (SSSR count). The highest BCUT2D eigenvalue weighted by atomic mass is 15.1. The summed E-state index contributed by atoms with van der Waals surface area (Å²) in [7, 11) is 1.96. The molecular weight excluding hydrogens is 214 g/mol. The van der Waals surface area contributed by atoms with Crippen molar-refractivity contribution in [2.24, 2.45) is 7.05 Å². The molecule has 5 heteroatoms. The van der Waals surface area contributed by atoms with E-state index in [0.717, 1.165) is 42.5 Å². The molecular formula is C12H15N5. The summed E-state index contributed by atoms with van der Waals surface area (Å²) >= 11 is 0. The van der Waals surface area contributed by atoms with Crippen LogP contribution in [0.5, 0.6) is 0 Å². The fourth-order valence-corrected chi connectivity index (χ4v) is 2.19. The van der Waals surface area contributed by atoms with Gasteiger partial charge in [-0.15, -0.1) is 0 Å². The fraction of sp³-hybridized carbons (Fsp3) is 0.417. The van der Waals surface area contributed by atoms with Crippen LogP contribution in [0.4, 0.5) is 0 Å². The molecule has 0 amide bonds. The van der Waals surface area contributed by atoms with Gasteiger partial charge in [-0.05, 0) is 6.92 Å². The summed E-state index contributed by atoms with van der Waals surface area (Å²) in [4.78, 5) is 13.5. The highest BCUT2D eigenvalue weighted by molar-refractivity contribution is 5.46. The molecule has 5 nitrogen and oxygen atoms in total. The number of fused-ring (bicyclic) bond motifs is 1. The van der Waals surface area contributed by atoms with Gasteiger partial charge in [-0.25, -0.2) is 15.0 Å². The van der Waals surface area contributed by atoms with E-state index in [1.54, 1.807) is 6.20 Å². The molecule has 0 saturated carbocycles. The van der Waals surface area contributed by atoms with Crippen LogP contribution < -0.4 is 5.32 Å². The summed E-state index contributed by atoms with van der Waals surface area (Å²) in [5.41, 5.74) is 3.46. The molecule has 2 aromatic rings. The Balaban J connectivity index is 2.14. The van der Waals surface area contributed by atoms with Crippen LogP contribution in [0.1, 0.15) is 17.0 Å². The van der Waals surface area contributed by atoms with Crippen LogP contribution in [-0.4, -0.2) is 26.1 Å². The van der Waals surface area contributed by atoms with Crippen molar-refractivity contribution in [1.29, 1.82) is 0 Å². The van der Waals surface area contributed by atoms with E-state index in [0.29, 0.717) is 0 Å². The lowest BCUT2D eigenvalue weighted by molar-refractivity contribution is 0.621. The molecule has 3 heterocycles. The predicted molar refractivity (Wildman–Crippen MR) is 64.4 cm³/mol. The fourth-order valence-electron chi connectivity index (χ4n) is 2.19. The minimum Gasteiger partial charge on any atom is -0.331 e. The third kappa shape index (κ3) is 1.72. The van der Waals surface area contributed by atoms with Crippen molar-refractivity contribution in [1.82, 2.24) is 24.8 Å². The van der Waals surface area contributed by atoms with E-state index in [1.807, 2.05) is 24.7 Å².